The molecule has 1 heterocycles. The number of nitrogens with zero attached hydrogens (tertiary/aromatic N) is 1. The Morgan fingerprint density at radius 2 is 1.48 bits per heavy atom. The second-order valence-corrected chi connectivity index (χ2v) is 7.71. The minimum absolute atomic E-state index is 0.128. The van der Waals surface area contributed by atoms with Crippen LogP contribution in [0.4, 0.5) is 5.69 Å². The summed E-state index contributed by atoms with van der Waals surface area (Å²) in [6, 6.07) is 16.7. The molecule has 120 valence electrons. The van der Waals surface area contributed by atoms with Gasteiger partial charge in [0.1, 0.15) is 0 Å². The second kappa shape index (κ2) is 5.52. The van der Waals surface area contributed by atoms with E-state index in [2.05, 4.69) is 71.0 Å². The van der Waals surface area contributed by atoms with Crippen molar-refractivity contribution >= 4 is 11.6 Å². The topological polar surface area (TPSA) is 20.3 Å². The average molecular weight is 307 g/mol. The number of hydrogen-bond acceptors (Lipinski definition) is 1. The Morgan fingerprint density at radius 3 is 2.09 bits per heavy atom. The molecule has 1 atom stereocenters. The number of benzene rings is 2. The molecule has 0 bridgehead atoms. The molecular formula is C21H25NO. The van der Waals surface area contributed by atoms with Crippen LogP contribution >= 0.6 is 0 Å². The minimum atomic E-state index is -0.145. The molecule has 0 saturated carbocycles. The molecule has 1 amide bonds. The van der Waals surface area contributed by atoms with E-state index in [9.17, 15) is 4.79 Å². The van der Waals surface area contributed by atoms with Crippen molar-refractivity contribution in [1.29, 1.82) is 0 Å². The van der Waals surface area contributed by atoms with Gasteiger partial charge in [0.2, 0.25) is 5.91 Å². The summed E-state index contributed by atoms with van der Waals surface area (Å²) >= 11 is 0. The lowest BCUT2D eigenvalue weighted by atomic mass is 9.74. The molecule has 2 aromatic rings. The van der Waals surface area contributed by atoms with Crippen LogP contribution in [0.1, 0.15) is 46.1 Å². The summed E-state index contributed by atoms with van der Waals surface area (Å²) in [6.07, 6.45) is 0. The SMILES string of the molecule is CC(C)N1C(=O)C(C(C)(C)C)c2ccccc2-c2ccccc21. The monoisotopic (exact) mass is 307 g/mol. The molecule has 0 radical (unpaired) electrons. The Bertz CT molecular complexity index is 740. The van der Waals surface area contributed by atoms with Crippen molar-refractivity contribution in [1.82, 2.24) is 0 Å². The van der Waals surface area contributed by atoms with Gasteiger partial charge in [-0.2, -0.15) is 0 Å². The highest BCUT2D eigenvalue weighted by Gasteiger charge is 2.41. The zero-order valence-corrected chi connectivity index (χ0v) is 14.6. The van der Waals surface area contributed by atoms with E-state index in [-0.39, 0.29) is 23.3 Å². The fourth-order valence-electron chi connectivity index (χ4n) is 3.67. The number of para-hydroxylation sites is 1. The molecule has 2 heteroatoms. The van der Waals surface area contributed by atoms with Gasteiger partial charge in [0.25, 0.3) is 0 Å². The van der Waals surface area contributed by atoms with Crippen molar-refractivity contribution in [3.05, 3.63) is 54.1 Å². The highest BCUT2D eigenvalue weighted by molar-refractivity contribution is 6.06. The maximum Gasteiger partial charge on any atom is 0.235 e. The van der Waals surface area contributed by atoms with Crippen molar-refractivity contribution in [3.63, 3.8) is 0 Å². The standard InChI is InChI=1S/C21H25NO/c1-14(2)22-18-13-9-8-11-16(18)15-10-6-7-12-17(15)19(20(22)23)21(3,4)5/h6-14,19H,1-5H3. The van der Waals surface area contributed by atoms with Crippen LogP contribution in [-0.4, -0.2) is 11.9 Å². The van der Waals surface area contributed by atoms with Gasteiger partial charge in [0, 0.05) is 11.6 Å². The van der Waals surface area contributed by atoms with E-state index in [1.807, 2.05) is 17.0 Å². The van der Waals surface area contributed by atoms with Crippen LogP contribution < -0.4 is 4.90 Å². The summed E-state index contributed by atoms with van der Waals surface area (Å²) in [5.41, 5.74) is 4.35. The first-order valence-corrected chi connectivity index (χ1v) is 8.33. The van der Waals surface area contributed by atoms with E-state index >= 15 is 0 Å². The molecule has 0 N–H and O–H groups in total. The van der Waals surface area contributed by atoms with Gasteiger partial charge in [-0.3, -0.25) is 4.79 Å². The highest BCUT2D eigenvalue weighted by atomic mass is 16.2. The summed E-state index contributed by atoms with van der Waals surface area (Å²) in [5, 5.41) is 0. The molecule has 3 rings (SSSR count). The largest absolute Gasteiger partial charge is 0.309 e. The molecule has 23 heavy (non-hydrogen) atoms. The zero-order valence-electron chi connectivity index (χ0n) is 14.6. The lowest BCUT2D eigenvalue weighted by molar-refractivity contribution is -0.122. The molecule has 1 aliphatic rings. The Balaban J connectivity index is 2.37. The molecule has 0 aromatic heterocycles. The van der Waals surface area contributed by atoms with Crippen LogP contribution in [0.2, 0.25) is 0 Å². The van der Waals surface area contributed by atoms with Crippen molar-refractivity contribution in [2.75, 3.05) is 4.90 Å². The molecule has 1 aliphatic heterocycles. The van der Waals surface area contributed by atoms with Gasteiger partial charge >= 0.3 is 0 Å². The molecule has 1 unspecified atom stereocenters. The predicted molar refractivity (Wildman–Crippen MR) is 96.7 cm³/mol. The Kier molecular flexibility index (Phi) is 3.79. The third-order valence-corrected chi connectivity index (χ3v) is 4.59. The summed E-state index contributed by atoms with van der Waals surface area (Å²) in [6.45, 7) is 10.6. The maximum atomic E-state index is 13.5. The van der Waals surface area contributed by atoms with E-state index < -0.39 is 0 Å². The van der Waals surface area contributed by atoms with E-state index in [0.717, 1.165) is 16.8 Å². The fraction of sp³-hybridized carbons (Fsp3) is 0.381. The fourth-order valence-corrected chi connectivity index (χ4v) is 3.67. The number of hydrogen-bond donors (Lipinski definition) is 0. The number of rotatable bonds is 1. The number of carbonyl (C=O) groups is 1. The van der Waals surface area contributed by atoms with E-state index in [1.54, 1.807) is 0 Å². The summed E-state index contributed by atoms with van der Waals surface area (Å²) in [7, 11) is 0. The average Bonchev–Trinajstić information content (AvgIpc) is 2.58. The summed E-state index contributed by atoms with van der Waals surface area (Å²) in [4.78, 5) is 15.5. The first kappa shape index (κ1) is 15.8. The van der Waals surface area contributed by atoms with Crippen LogP contribution in [0.5, 0.6) is 0 Å². The van der Waals surface area contributed by atoms with Crippen LogP contribution in [0.3, 0.4) is 0 Å². The summed E-state index contributed by atoms with van der Waals surface area (Å²) < 4.78 is 0. The second-order valence-electron chi connectivity index (χ2n) is 7.71. The van der Waals surface area contributed by atoms with Crippen molar-refractivity contribution in [2.24, 2.45) is 5.41 Å². The molecule has 2 nitrogen and oxygen atoms in total. The van der Waals surface area contributed by atoms with Crippen LogP contribution in [0, 0.1) is 5.41 Å². The Morgan fingerprint density at radius 1 is 0.913 bits per heavy atom. The van der Waals surface area contributed by atoms with Crippen LogP contribution in [0.15, 0.2) is 48.5 Å². The number of anilines is 1. The van der Waals surface area contributed by atoms with E-state index in [4.69, 9.17) is 0 Å². The first-order chi connectivity index (χ1) is 10.8. The molecule has 2 aromatic carbocycles. The molecule has 0 spiro atoms. The third-order valence-electron chi connectivity index (χ3n) is 4.59. The smallest absolute Gasteiger partial charge is 0.235 e. The molecular weight excluding hydrogens is 282 g/mol. The van der Waals surface area contributed by atoms with Gasteiger partial charge in [0.15, 0.2) is 0 Å². The van der Waals surface area contributed by atoms with Gasteiger partial charge in [0.05, 0.1) is 11.6 Å². The maximum absolute atomic E-state index is 13.5. The van der Waals surface area contributed by atoms with Gasteiger partial charge in [-0.1, -0.05) is 63.2 Å². The van der Waals surface area contributed by atoms with E-state index in [0.29, 0.717) is 0 Å². The number of fused-ring (bicyclic) bond motifs is 3. The molecule has 0 aliphatic carbocycles. The Hall–Kier alpha value is -2.09. The zero-order chi connectivity index (χ0) is 16.8. The predicted octanol–water partition coefficient (Wildman–Crippen LogP) is 5.24. The van der Waals surface area contributed by atoms with Gasteiger partial charge < -0.3 is 4.90 Å². The minimum Gasteiger partial charge on any atom is -0.309 e. The molecule has 0 saturated heterocycles. The van der Waals surface area contributed by atoms with Crippen molar-refractivity contribution in [3.8, 4) is 11.1 Å². The normalized spacial score (nSPS) is 17.7. The van der Waals surface area contributed by atoms with Crippen molar-refractivity contribution in [2.45, 2.75) is 46.6 Å². The number of amides is 1. The lowest BCUT2D eigenvalue weighted by Gasteiger charge is -2.35. The number of carbonyl (C=O) groups excluding carboxylic acids is 1. The lowest BCUT2D eigenvalue weighted by Crippen LogP contribution is -2.43. The van der Waals surface area contributed by atoms with Crippen LogP contribution in [-0.2, 0) is 4.79 Å². The highest BCUT2D eigenvalue weighted by Crippen LogP contribution is 2.47. The first-order valence-electron chi connectivity index (χ1n) is 8.33. The van der Waals surface area contributed by atoms with E-state index in [1.165, 1.54) is 5.56 Å². The van der Waals surface area contributed by atoms with Gasteiger partial charge in [-0.05, 0) is 36.5 Å². The quantitative estimate of drug-likeness (QED) is 0.705. The molecule has 0 fully saturated rings. The Labute approximate surface area is 139 Å². The van der Waals surface area contributed by atoms with Crippen molar-refractivity contribution < 1.29 is 4.79 Å². The summed E-state index contributed by atoms with van der Waals surface area (Å²) in [5.74, 6) is 0.0541. The van der Waals surface area contributed by atoms with Gasteiger partial charge in [-0.25, -0.2) is 0 Å². The third kappa shape index (κ3) is 2.56. The van der Waals surface area contributed by atoms with Crippen LogP contribution in [0.25, 0.3) is 11.1 Å². The van der Waals surface area contributed by atoms with Gasteiger partial charge in [-0.15, -0.1) is 0 Å².